The van der Waals surface area contributed by atoms with Gasteiger partial charge < -0.3 is 15.5 Å². The highest BCUT2D eigenvalue weighted by molar-refractivity contribution is 6.33. The summed E-state index contributed by atoms with van der Waals surface area (Å²) in [5, 5.41) is 7.13. The van der Waals surface area contributed by atoms with Crippen LogP contribution in [0.25, 0.3) is 0 Å². The van der Waals surface area contributed by atoms with Gasteiger partial charge >= 0.3 is 0 Å². The summed E-state index contributed by atoms with van der Waals surface area (Å²) < 4.78 is 0. The molecule has 0 spiro atoms. The molecule has 2 fully saturated rings. The average molecular weight is 344 g/mol. The lowest BCUT2D eigenvalue weighted by Gasteiger charge is -2.23. The topological polar surface area (TPSA) is 44.4 Å². The van der Waals surface area contributed by atoms with Crippen LogP contribution in [0.3, 0.4) is 0 Å². The molecule has 4 nitrogen and oxygen atoms in total. The Morgan fingerprint density at radius 1 is 1.27 bits per heavy atom. The number of anilines is 1. The van der Waals surface area contributed by atoms with E-state index < -0.39 is 0 Å². The second-order valence-corrected chi connectivity index (χ2v) is 6.41. The van der Waals surface area contributed by atoms with E-state index in [0.29, 0.717) is 29.2 Å². The van der Waals surface area contributed by atoms with Gasteiger partial charge in [-0.2, -0.15) is 0 Å². The Bertz CT molecular complexity index is 512. The number of hydrogen-bond acceptors (Lipinski definition) is 3. The number of nitrogens with zero attached hydrogens (tertiary/aromatic N) is 1. The standard InChI is InChI=1S/C16H22ClN3O.ClH/c17-14-3-1-2-4-15(14)19-16(21)8-10-20-9-7-12-5-6-13(11-20)18-12;/h1-4,12-13,18H,5-11H2,(H,19,21);1H. The fraction of sp³-hybridized carbons (Fsp3) is 0.562. The Kier molecular flexibility index (Phi) is 6.50. The van der Waals surface area contributed by atoms with Gasteiger partial charge in [-0.1, -0.05) is 23.7 Å². The monoisotopic (exact) mass is 343 g/mol. The van der Waals surface area contributed by atoms with Crippen molar-refractivity contribution in [3.8, 4) is 0 Å². The van der Waals surface area contributed by atoms with Gasteiger partial charge in [-0.25, -0.2) is 0 Å². The molecule has 0 aromatic heterocycles. The second kappa shape index (κ2) is 8.16. The molecule has 0 saturated carbocycles. The normalized spacial score (nSPS) is 24.4. The molecule has 2 unspecified atom stereocenters. The van der Waals surface area contributed by atoms with E-state index in [4.69, 9.17) is 11.6 Å². The molecule has 2 aliphatic heterocycles. The van der Waals surface area contributed by atoms with Gasteiger partial charge in [0, 0.05) is 31.6 Å². The molecule has 22 heavy (non-hydrogen) atoms. The summed E-state index contributed by atoms with van der Waals surface area (Å²) in [5.74, 6) is 0.0328. The zero-order chi connectivity index (χ0) is 14.7. The largest absolute Gasteiger partial charge is 0.325 e. The minimum Gasteiger partial charge on any atom is -0.325 e. The molecule has 2 aliphatic rings. The molecule has 0 aliphatic carbocycles. The summed E-state index contributed by atoms with van der Waals surface area (Å²) in [6.45, 7) is 2.98. The van der Waals surface area contributed by atoms with E-state index in [-0.39, 0.29) is 18.3 Å². The summed E-state index contributed by atoms with van der Waals surface area (Å²) >= 11 is 6.05. The highest BCUT2D eigenvalue weighted by Crippen LogP contribution is 2.22. The van der Waals surface area contributed by atoms with Crippen LogP contribution in [0.4, 0.5) is 5.69 Å². The van der Waals surface area contributed by atoms with Crippen molar-refractivity contribution < 1.29 is 4.79 Å². The van der Waals surface area contributed by atoms with E-state index in [1.165, 1.54) is 19.3 Å². The van der Waals surface area contributed by atoms with Crippen LogP contribution in [0, 0.1) is 0 Å². The van der Waals surface area contributed by atoms with E-state index in [2.05, 4.69) is 15.5 Å². The molecule has 1 amide bonds. The Labute approximate surface area is 143 Å². The van der Waals surface area contributed by atoms with Crippen LogP contribution in [-0.4, -0.2) is 42.5 Å². The molecule has 2 saturated heterocycles. The summed E-state index contributed by atoms with van der Waals surface area (Å²) in [6, 6.07) is 8.65. The van der Waals surface area contributed by atoms with Gasteiger partial charge in [0.25, 0.3) is 0 Å². The zero-order valence-corrected chi connectivity index (χ0v) is 14.1. The van der Waals surface area contributed by atoms with E-state index in [1.54, 1.807) is 6.07 Å². The lowest BCUT2D eigenvalue weighted by Crippen LogP contribution is -2.36. The molecule has 6 heteroatoms. The Morgan fingerprint density at radius 2 is 2.05 bits per heavy atom. The maximum Gasteiger partial charge on any atom is 0.225 e. The predicted octanol–water partition coefficient (Wildman–Crippen LogP) is 2.92. The van der Waals surface area contributed by atoms with Crippen molar-refractivity contribution in [3.63, 3.8) is 0 Å². The fourth-order valence-corrected chi connectivity index (χ4v) is 3.44. The van der Waals surface area contributed by atoms with Crippen LogP contribution in [0.5, 0.6) is 0 Å². The average Bonchev–Trinajstić information content (AvgIpc) is 2.80. The third-order valence-corrected chi connectivity index (χ3v) is 4.74. The minimum atomic E-state index is 0. The van der Waals surface area contributed by atoms with Crippen LogP contribution >= 0.6 is 24.0 Å². The molecule has 2 heterocycles. The number of carbonyl (C=O) groups excluding carboxylic acids is 1. The zero-order valence-electron chi connectivity index (χ0n) is 12.6. The van der Waals surface area contributed by atoms with E-state index in [9.17, 15) is 4.79 Å². The number of para-hydroxylation sites is 1. The Balaban J connectivity index is 0.00000176. The molecule has 1 aromatic carbocycles. The van der Waals surface area contributed by atoms with E-state index >= 15 is 0 Å². The molecule has 2 bridgehead atoms. The predicted molar refractivity (Wildman–Crippen MR) is 92.9 cm³/mol. The van der Waals surface area contributed by atoms with Crippen LogP contribution in [0.2, 0.25) is 5.02 Å². The molecular weight excluding hydrogens is 321 g/mol. The second-order valence-electron chi connectivity index (χ2n) is 6.01. The van der Waals surface area contributed by atoms with Crippen molar-refractivity contribution in [2.24, 2.45) is 0 Å². The fourth-order valence-electron chi connectivity index (χ4n) is 3.25. The van der Waals surface area contributed by atoms with Gasteiger partial charge in [0.05, 0.1) is 10.7 Å². The van der Waals surface area contributed by atoms with Crippen LogP contribution in [0.15, 0.2) is 24.3 Å². The maximum atomic E-state index is 12.0. The number of hydrogen-bond donors (Lipinski definition) is 2. The SMILES string of the molecule is Cl.O=C(CCN1CCC2CCC(C1)N2)Nc1ccccc1Cl. The lowest BCUT2D eigenvalue weighted by atomic mass is 10.1. The molecule has 122 valence electrons. The Morgan fingerprint density at radius 3 is 2.86 bits per heavy atom. The summed E-state index contributed by atoms with van der Waals surface area (Å²) in [4.78, 5) is 14.4. The maximum absolute atomic E-state index is 12.0. The quantitative estimate of drug-likeness (QED) is 0.883. The third-order valence-electron chi connectivity index (χ3n) is 4.41. The summed E-state index contributed by atoms with van der Waals surface area (Å²) in [7, 11) is 0. The van der Waals surface area contributed by atoms with Crippen molar-refractivity contribution in [2.45, 2.75) is 37.8 Å². The third kappa shape index (κ3) is 4.59. The van der Waals surface area contributed by atoms with Crippen LogP contribution in [0.1, 0.15) is 25.7 Å². The van der Waals surface area contributed by atoms with Gasteiger partial charge in [-0.3, -0.25) is 4.79 Å². The van der Waals surface area contributed by atoms with Gasteiger partial charge in [0.1, 0.15) is 0 Å². The van der Waals surface area contributed by atoms with Crippen molar-refractivity contribution in [1.82, 2.24) is 10.2 Å². The van der Waals surface area contributed by atoms with Gasteiger partial charge in [0.15, 0.2) is 0 Å². The summed E-state index contributed by atoms with van der Waals surface area (Å²) in [6.07, 6.45) is 4.30. The Hall–Kier alpha value is -0.810. The van der Waals surface area contributed by atoms with Gasteiger partial charge in [0.2, 0.25) is 5.91 Å². The first-order valence-corrected chi connectivity index (χ1v) is 8.11. The molecule has 1 aromatic rings. The number of rotatable bonds is 4. The lowest BCUT2D eigenvalue weighted by molar-refractivity contribution is -0.116. The highest BCUT2D eigenvalue weighted by atomic mass is 35.5. The highest BCUT2D eigenvalue weighted by Gasteiger charge is 2.29. The van der Waals surface area contributed by atoms with Crippen LogP contribution in [-0.2, 0) is 4.79 Å². The number of fused-ring (bicyclic) bond motifs is 2. The van der Waals surface area contributed by atoms with Gasteiger partial charge in [-0.15, -0.1) is 12.4 Å². The number of nitrogens with one attached hydrogen (secondary N) is 2. The van der Waals surface area contributed by atoms with Crippen molar-refractivity contribution in [3.05, 3.63) is 29.3 Å². The number of benzene rings is 1. The molecule has 2 atom stereocenters. The first-order valence-electron chi connectivity index (χ1n) is 7.73. The number of amides is 1. The van der Waals surface area contributed by atoms with Gasteiger partial charge in [-0.05, 0) is 37.9 Å². The smallest absolute Gasteiger partial charge is 0.225 e. The molecule has 0 radical (unpaired) electrons. The molecule has 3 rings (SSSR count). The number of likely N-dealkylation sites (tertiary alicyclic amines) is 1. The number of halogens is 2. The van der Waals surface area contributed by atoms with Crippen molar-refractivity contribution in [2.75, 3.05) is 25.0 Å². The molecule has 2 N–H and O–H groups in total. The van der Waals surface area contributed by atoms with Crippen molar-refractivity contribution >= 4 is 35.6 Å². The first-order chi connectivity index (χ1) is 10.2. The van der Waals surface area contributed by atoms with E-state index in [0.717, 1.165) is 19.6 Å². The molecular formula is C16H23Cl2N3O. The van der Waals surface area contributed by atoms with Crippen molar-refractivity contribution in [1.29, 1.82) is 0 Å². The minimum absolute atomic E-state index is 0. The number of carbonyl (C=O) groups is 1. The van der Waals surface area contributed by atoms with Crippen LogP contribution < -0.4 is 10.6 Å². The summed E-state index contributed by atoms with van der Waals surface area (Å²) in [5.41, 5.74) is 0.695. The first kappa shape index (κ1) is 17.5. The van der Waals surface area contributed by atoms with E-state index in [1.807, 2.05) is 18.2 Å².